The molecule has 1 N–H and O–H groups in total. The van der Waals surface area contributed by atoms with E-state index in [9.17, 15) is 9.59 Å². The molecule has 2 atom stereocenters. The Morgan fingerprint density at radius 2 is 1.71 bits per heavy atom. The van der Waals surface area contributed by atoms with Gasteiger partial charge in [0, 0.05) is 17.1 Å². The monoisotopic (exact) mass is 446 g/mol. The van der Waals surface area contributed by atoms with Gasteiger partial charge in [0.15, 0.2) is 6.61 Å². The molecule has 2 aromatic rings. The average Bonchev–Trinajstić information content (AvgIpc) is 2.71. The highest BCUT2D eigenvalue weighted by atomic mass is 79.9. The highest BCUT2D eigenvalue weighted by Gasteiger charge is 2.27. The van der Waals surface area contributed by atoms with Gasteiger partial charge >= 0.3 is 0 Å². The van der Waals surface area contributed by atoms with E-state index in [0.717, 1.165) is 16.5 Å². The molecule has 0 radical (unpaired) electrons. The van der Waals surface area contributed by atoms with E-state index in [-0.39, 0.29) is 24.5 Å². The van der Waals surface area contributed by atoms with E-state index in [1.807, 2.05) is 56.3 Å². The van der Waals surface area contributed by atoms with Crippen molar-refractivity contribution in [2.75, 3.05) is 6.61 Å². The molecule has 0 heterocycles. The molecular weight excluding hydrogens is 420 g/mol. The molecule has 0 fully saturated rings. The standard InChI is InChI=1S/C22H27BrN2O3/c1-4-16(2)24-22(27)17(3)25(14-18-8-6-5-7-9-18)21(26)15-28-20-12-10-19(23)11-13-20/h5-13,16-17H,4,14-15H2,1-3H3,(H,24,27)/t16-,17-/m0/s1. The van der Waals surface area contributed by atoms with E-state index >= 15 is 0 Å². The van der Waals surface area contributed by atoms with Crippen molar-refractivity contribution in [1.82, 2.24) is 10.2 Å². The zero-order valence-electron chi connectivity index (χ0n) is 16.5. The fourth-order valence-corrected chi connectivity index (χ4v) is 2.85. The maximum absolute atomic E-state index is 12.9. The second-order valence-corrected chi connectivity index (χ2v) is 7.66. The number of halogens is 1. The van der Waals surface area contributed by atoms with Crippen LogP contribution in [0.15, 0.2) is 59.1 Å². The molecule has 2 aromatic carbocycles. The Bertz CT molecular complexity index is 765. The number of nitrogens with zero attached hydrogens (tertiary/aromatic N) is 1. The summed E-state index contributed by atoms with van der Waals surface area (Å²) in [6, 6.07) is 16.4. The lowest BCUT2D eigenvalue weighted by molar-refractivity contribution is -0.142. The van der Waals surface area contributed by atoms with E-state index in [4.69, 9.17) is 4.74 Å². The first kappa shape index (κ1) is 22.0. The van der Waals surface area contributed by atoms with Crippen LogP contribution in [-0.4, -0.2) is 35.4 Å². The van der Waals surface area contributed by atoms with Gasteiger partial charge in [-0.2, -0.15) is 0 Å². The Labute approximate surface area is 175 Å². The Hall–Kier alpha value is -2.34. The average molecular weight is 447 g/mol. The summed E-state index contributed by atoms with van der Waals surface area (Å²) >= 11 is 3.37. The van der Waals surface area contributed by atoms with Crippen molar-refractivity contribution in [3.05, 3.63) is 64.6 Å². The van der Waals surface area contributed by atoms with Crippen molar-refractivity contribution in [3.8, 4) is 5.75 Å². The molecule has 0 spiro atoms. The van der Waals surface area contributed by atoms with Crippen LogP contribution in [0.2, 0.25) is 0 Å². The summed E-state index contributed by atoms with van der Waals surface area (Å²) in [7, 11) is 0. The molecule has 0 aliphatic heterocycles. The number of hydrogen-bond donors (Lipinski definition) is 1. The van der Waals surface area contributed by atoms with Crippen LogP contribution in [0.4, 0.5) is 0 Å². The van der Waals surface area contributed by atoms with E-state index in [1.54, 1.807) is 24.0 Å². The third-order valence-corrected chi connectivity index (χ3v) is 5.07. The lowest BCUT2D eigenvalue weighted by atomic mass is 10.1. The molecule has 0 unspecified atom stereocenters. The van der Waals surface area contributed by atoms with Gasteiger partial charge in [-0.25, -0.2) is 0 Å². The van der Waals surface area contributed by atoms with Crippen LogP contribution in [0, 0.1) is 0 Å². The summed E-state index contributed by atoms with van der Waals surface area (Å²) in [5, 5.41) is 2.95. The van der Waals surface area contributed by atoms with Gasteiger partial charge in [-0.1, -0.05) is 53.2 Å². The third-order valence-electron chi connectivity index (χ3n) is 4.54. The van der Waals surface area contributed by atoms with Gasteiger partial charge in [0.05, 0.1) is 0 Å². The topological polar surface area (TPSA) is 58.6 Å². The predicted molar refractivity (Wildman–Crippen MR) is 114 cm³/mol. The Balaban J connectivity index is 2.10. The van der Waals surface area contributed by atoms with Crippen molar-refractivity contribution in [1.29, 1.82) is 0 Å². The number of benzene rings is 2. The van der Waals surface area contributed by atoms with Crippen molar-refractivity contribution in [2.45, 2.75) is 45.8 Å². The Kier molecular flexibility index (Phi) is 8.51. The van der Waals surface area contributed by atoms with Crippen LogP contribution >= 0.6 is 15.9 Å². The van der Waals surface area contributed by atoms with Crippen molar-refractivity contribution in [2.24, 2.45) is 0 Å². The first-order chi connectivity index (χ1) is 13.4. The Morgan fingerprint density at radius 1 is 1.07 bits per heavy atom. The fraction of sp³-hybridized carbons (Fsp3) is 0.364. The van der Waals surface area contributed by atoms with E-state index < -0.39 is 6.04 Å². The number of carbonyl (C=O) groups is 2. The lowest BCUT2D eigenvalue weighted by Gasteiger charge is -2.29. The zero-order chi connectivity index (χ0) is 20.5. The zero-order valence-corrected chi connectivity index (χ0v) is 18.1. The molecule has 0 aromatic heterocycles. The van der Waals surface area contributed by atoms with Crippen molar-refractivity contribution in [3.63, 3.8) is 0 Å². The van der Waals surface area contributed by atoms with Gasteiger partial charge in [0.25, 0.3) is 5.91 Å². The molecule has 5 nitrogen and oxygen atoms in total. The normalized spacial score (nSPS) is 12.7. The quantitative estimate of drug-likeness (QED) is 0.628. The van der Waals surface area contributed by atoms with Gasteiger partial charge < -0.3 is 15.0 Å². The van der Waals surface area contributed by atoms with E-state index in [1.165, 1.54) is 0 Å². The summed E-state index contributed by atoms with van der Waals surface area (Å²) < 4.78 is 6.57. The van der Waals surface area contributed by atoms with Crippen LogP contribution in [0.25, 0.3) is 0 Å². The van der Waals surface area contributed by atoms with Gasteiger partial charge in [0.2, 0.25) is 5.91 Å². The molecular formula is C22H27BrN2O3. The molecule has 6 heteroatoms. The summed E-state index contributed by atoms with van der Waals surface area (Å²) in [6.45, 7) is 5.92. The molecule has 0 saturated carbocycles. The summed E-state index contributed by atoms with van der Waals surface area (Å²) in [4.78, 5) is 27.1. The second-order valence-electron chi connectivity index (χ2n) is 6.74. The highest BCUT2D eigenvalue weighted by Crippen LogP contribution is 2.17. The van der Waals surface area contributed by atoms with Crippen LogP contribution in [-0.2, 0) is 16.1 Å². The van der Waals surface area contributed by atoms with Crippen LogP contribution in [0.3, 0.4) is 0 Å². The van der Waals surface area contributed by atoms with Gasteiger partial charge in [-0.05, 0) is 50.1 Å². The largest absolute Gasteiger partial charge is 0.484 e. The number of rotatable bonds is 9. The molecule has 2 rings (SSSR count). The maximum atomic E-state index is 12.9. The number of amides is 2. The third kappa shape index (κ3) is 6.68. The minimum atomic E-state index is -0.602. The van der Waals surface area contributed by atoms with E-state index in [0.29, 0.717) is 12.3 Å². The van der Waals surface area contributed by atoms with Gasteiger partial charge in [-0.3, -0.25) is 9.59 Å². The summed E-state index contributed by atoms with van der Waals surface area (Å²) in [5.41, 5.74) is 0.961. The molecule has 28 heavy (non-hydrogen) atoms. The maximum Gasteiger partial charge on any atom is 0.261 e. The minimum Gasteiger partial charge on any atom is -0.484 e. The first-order valence-electron chi connectivity index (χ1n) is 9.42. The molecule has 2 amide bonds. The van der Waals surface area contributed by atoms with Crippen molar-refractivity contribution >= 4 is 27.7 Å². The van der Waals surface area contributed by atoms with Crippen molar-refractivity contribution < 1.29 is 14.3 Å². The fourth-order valence-electron chi connectivity index (χ4n) is 2.59. The highest BCUT2D eigenvalue weighted by molar-refractivity contribution is 9.10. The van der Waals surface area contributed by atoms with Gasteiger partial charge in [0.1, 0.15) is 11.8 Å². The second kappa shape index (κ2) is 10.9. The van der Waals surface area contributed by atoms with Gasteiger partial charge in [-0.15, -0.1) is 0 Å². The number of ether oxygens (including phenoxy) is 1. The van der Waals surface area contributed by atoms with E-state index in [2.05, 4.69) is 21.2 Å². The molecule has 0 saturated heterocycles. The molecule has 0 bridgehead atoms. The van der Waals surface area contributed by atoms with Crippen LogP contribution < -0.4 is 10.1 Å². The minimum absolute atomic E-state index is 0.0580. The number of carbonyl (C=O) groups excluding carboxylic acids is 2. The predicted octanol–water partition coefficient (Wildman–Crippen LogP) is 4.16. The smallest absolute Gasteiger partial charge is 0.261 e. The van der Waals surface area contributed by atoms with Crippen LogP contribution in [0.5, 0.6) is 5.75 Å². The molecule has 150 valence electrons. The first-order valence-corrected chi connectivity index (χ1v) is 10.2. The summed E-state index contributed by atoms with van der Waals surface area (Å²) in [5.74, 6) is 0.203. The number of nitrogens with one attached hydrogen (secondary N) is 1. The number of hydrogen-bond acceptors (Lipinski definition) is 3. The summed E-state index contributed by atoms with van der Waals surface area (Å²) in [6.07, 6.45) is 0.831. The molecule has 0 aliphatic carbocycles. The SMILES string of the molecule is CC[C@H](C)NC(=O)[C@H](C)N(Cc1ccccc1)C(=O)COc1ccc(Br)cc1. The lowest BCUT2D eigenvalue weighted by Crippen LogP contribution is -2.50. The molecule has 0 aliphatic rings. The Morgan fingerprint density at radius 3 is 2.32 bits per heavy atom. The van der Waals surface area contributed by atoms with Crippen LogP contribution in [0.1, 0.15) is 32.8 Å².